The van der Waals surface area contributed by atoms with Gasteiger partial charge in [0.05, 0.1) is 24.7 Å². The van der Waals surface area contributed by atoms with Crippen molar-refractivity contribution >= 4 is 5.69 Å². The molecular formula is C16H22N4O. The zero-order valence-corrected chi connectivity index (χ0v) is 12.8. The van der Waals surface area contributed by atoms with Gasteiger partial charge in [-0.05, 0) is 18.1 Å². The van der Waals surface area contributed by atoms with Crippen LogP contribution in [0.3, 0.4) is 0 Å². The SMILES string of the molecule is COc1cccc(-c2ncc(NCCN)c(C(C)C)n2)c1. The molecular weight excluding hydrogens is 264 g/mol. The predicted molar refractivity (Wildman–Crippen MR) is 85.7 cm³/mol. The van der Waals surface area contributed by atoms with Crippen molar-refractivity contribution in [3.05, 3.63) is 36.2 Å². The molecule has 5 heteroatoms. The number of hydrogen-bond donors (Lipinski definition) is 2. The summed E-state index contributed by atoms with van der Waals surface area (Å²) in [6.07, 6.45) is 1.83. The molecule has 0 saturated carbocycles. The van der Waals surface area contributed by atoms with E-state index >= 15 is 0 Å². The van der Waals surface area contributed by atoms with Gasteiger partial charge in [0.15, 0.2) is 5.82 Å². The van der Waals surface area contributed by atoms with Crippen molar-refractivity contribution < 1.29 is 4.74 Å². The van der Waals surface area contributed by atoms with Gasteiger partial charge in [-0.15, -0.1) is 0 Å². The van der Waals surface area contributed by atoms with Gasteiger partial charge in [0.25, 0.3) is 0 Å². The summed E-state index contributed by atoms with van der Waals surface area (Å²) in [6, 6.07) is 7.76. The highest BCUT2D eigenvalue weighted by Gasteiger charge is 2.12. The molecule has 2 aromatic rings. The lowest BCUT2D eigenvalue weighted by Gasteiger charge is -2.14. The number of hydrogen-bond acceptors (Lipinski definition) is 5. The van der Waals surface area contributed by atoms with Gasteiger partial charge in [-0.25, -0.2) is 9.97 Å². The summed E-state index contributed by atoms with van der Waals surface area (Å²) in [4.78, 5) is 9.15. The molecule has 0 radical (unpaired) electrons. The topological polar surface area (TPSA) is 73.1 Å². The molecule has 1 aromatic carbocycles. The number of aromatic nitrogens is 2. The van der Waals surface area contributed by atoms with Crippen molar-refractivity contribution in [2.75, 3.05) is 25.5 Å². The van der Waals surface area contributed by atoms with Crippen LogP contribution in [0.5, 0.6) is 5.75 Å². The number of nitrogens with two attached hydrogens (primary N) is 1. The third kappa shape index (κ3) is 3.70. The lowest BCUT2D eigenvalue weighted by molar-refractivity contribution is 0.415. The van der Waals surface area contributed by atoms with E-state index in [9.17, 15) is 0 Å². The van der Waals surface area contributed by atoms with Crippen LogP contribution in [0.1, 0.15) is 25.5 Å². The molecule has 0 atom stereocenters. The second-order valence-electron chi connectivity index (χ2n) is 5.09. The summed E-state index contributed by atoms with van der Waals surface area (Å²) in [5.74, 6) is 1.81. The minimum absolute atomic E-state index is 0.303. The number of nitrogens with one attached hydrogen (secondary N) is 1. The van der Waals surface area contributed by atoms with Crippen molar-refractivity contribution in [2.45, 2.75) is 19.8 Å². The van der Waals surface area contributed by atoms with E-state index in [2.05, 4.69) is 24.1 Å². The largest absolute Gasteiger partial charge is 0.497 e. The fourth-order valence-corrected chi connectivity index (χ4v) is 2.08. The maximum atomic E-state index is 5.54. The Labute approximate surface area is 125 Å². The molecule has 1 heterocycles. The standard InChI is InChI=1S/C16H22N4O/c1-11(2)15-14(18-8-7-17)10-19-16(20-15)12-5-4-6-13(9-12)21-3/h4-6,9-11,18H,7-8,17H2,1-3H3. The molecule has 2 rings (SSSR count). The van der Waals surface area contributed by atoms with Crippen LogP contribution in [0.4, 0.5) is 5.69 Å². The van der Waals surface area contributed by atoms with Gasteiger partial charge in [0.2, 0.25) is 0 Å². The molecule has 0 amide bonds. The molecule has 5 nitrogen and oxygen atoms in total. The normalized spacial score (nSPS) is 10.7. The van der Waals surface area contributed by atoms with Crippen LogP contribution in [-0.4, -0.2) is 30.2 Å². The lowest BCUT2D eigenvalue weighted by atomic mass is 10.1. The quantitative estimate of drug-likeness (QED) is 0.854. The summed E-state index contributed by atoms with van der Waals surface area (Å²) in [6.45, 7) is 5.52. The minimum atomic E-state index is 0.303. The second-order valence-corrected chi connectivity index (χ2v) is 5.09. The minimum Gasteiger partial charge on any atom is -0.497 e. The van der Waals surface area contributed by atoms with E-state index in [0.29, 0.717) is 24.8 Å². The highest BCUT2D eigenvalue weighted by Crippen LogP contribution is 2.26. The van der Waals surface area contributed by atoms with Crippen LogP contribution in [0.15, 0.2) is 30.5 Å². The van der Waals surface area contributed by atoms with E-state index in [1.165, 1.54) is 0 Å². The molecule has 0 aliphatic rings. The molecule has 0 fully saturated rings. The van der Waals surface area contributed by atoms with Crippen LogP contribution in [0, 0.1) is 0 Å². The third-order valence-corrected chi connectivity index (χ3v) is 3.15. The Morgan fingerprint density at radius 2 is 2.14 bits per heavy atom. The summed E-state index contributed by atoms with van der Waals surface area (Å²) < 4.78 is 5.25. The van der Waals surface area contributed by atoms with Gasteiger partial charge in [-0.1, -0.05) is 26.0 Å². The monoisotopic (exact) mass is 286 g/mol. The fraction of sp³-hybridized carbons (Fsp3) is 0.375. The molecule has 0 aliphatic carbocycles. The van der Waals surface area contributed by atoms with Crippen molar-refractivity contribution in [3.8, 4) is 17.1 Å². The van der Waals surface area contributed by atoms with Crippen LogP contribution in [0.25, 0.3) is 11.4 Å². The first-order valence-corrected chi connectivity index (χ1v) is 7.11. The highest BCUT2D eigenvalue weighted by molar-refractivity contribution is 5.60. The Hall–Kier alpha value is -2.14. The van der Waals surface area contributed by atoms with E-state index in [1.807, 2.05) is 30.5 Å². The molecule has 112 valence electrons. The molecule has 3 N–H and O–H groups in total. The van der Waals surface area contributed by atoms with E-state index in [-0.39, 0.29) is 0 Å². The Balaban J connectivity index is 2.38. The molecule has 0 unspecified atom stereocenters. The number of anilines is 1. The summed E-state index contributed by atoms with van der Waals surface area (Å²) >= 11 is 0. The molecule has 0 aliphatic heterocycles. The van der Waals surface area contributed by atoms with E-state index in [0.717, 1.165) is 22.7 Å². The van der Waals surface area contributed by atoms with Gasteiger partial charge in [-0.3, -0.25) is 0 Å². The van der Waals surface area contributed by atoms with E-state index < -0.39 is 0 Å². The first-order chi connectivity index (χ1) is 10.2. The van der Waals surface area contributed by atoms with E-state index in [1.54, 1.807) is 7.11 Å². The molecule has 0 bridgehead atoms. The van der Waals surface area contributed by atoms with Crippen molar-refractivity contribution in [1.29, 1.82) is 0 Å². The average molecular weight is 286 g/mol. The fourth-order valence-electron chi connectivity index (χ4n) is 2.08. The number of rotatable bonds is 6. The maximum absolute atomic E-state index is 5.54. The Morgan fingerprint density at radius 1 is 1.33 bits per heavy atom. The second kappa shape index (κ2) is 7.04. The van der Waals surface area contributed by atoms with Crippen LogP contribution in [0.2, 0.25) is 0 Å². The van der Waals surface area contributed by atoms with Gasteiger partial charge in [0.1, 0.15) is 5.75 Å². The van der Waals surface area contributed by atoms with Crippen molar-refractivity contribution in [2.24, 2.45) is 5.73 Å². The van der Waals surface area contributed by atoms with Crippen LogP contribution in [-0.2, 0) is 0 Å². The predicted octanol–water partition coefficient (Wildman–Crippen LogP) is 2.65. The van der Waals surface area contributed by atoms with Crippen LogP contribution >= 0.6 is 0 Å². The van der Waals surface area contributed by atoms with Gasteiger partial charge in [-0.2, -0.15) is 0 Å². The van der Waals surface area contributed by atoms with Crippen LogP contribution < -0.4 is 15.8 Å². The Kier molecular flexibility index (Phi) is 5.11. The van der Waals surface area contributed by atoms with Crippen molar-refractivity contribution in [1.82, 2.24) is 9.97 Å². The van der Waals surface area contributed by atoms with Gasteiger partial charge < -0.3 is 15.8 Å². The van der Waals surface area contributed by atoms with Gasteiger partial charge >= 0.3 is 0 Å². The summed E-state index contributed by atoms with van der Waals surface area (Å²) in [5, 5.41) is 3.27. The smallest absolute Gasteiger partial charge is 0.159 e. The number of nitrogens with zero attached hydrogens (tertiary/aromatic N) is 2. The zero-order chi connectivity index (χ0) is 15.2. The third-order valence-electron chi connectivity index (χ3n) is 3.15. The number of ether oxygens (including phenoxy) is 1. The molecule has 0 saturated heterocycles. The van der Waals surface area contributed by atoms with Crippen molar-refractivity contribution in [3.63, 3.8) is 0 Å². The summed E-state index contributed by atoms with van der Waals surface area (Å²) in [5.41, 5.74) is 8.43. The Morgan fingerprint density at radius 3 is 2.81 bits per heavy atom. The zero-order valence-electron chi connectivity index (χ0n) is 12.8. The van der Waals surface area contributed by atoms with Gasteiger partial charge in [0, 0.05) is 18.7 Å². The first-order valence-electron chi connectivity index (χ1n) is 7.11. The maximum Gasteiger partial charge on any atom is 0.159 e. The molecule has 0 spiro atoms. The highest BCUT2D eigenvalue weighted by atomic mass is 16.5. The lowest BCUT2D eigenvalue weighted by Crippen LogP contribution is -2.15. The Bertz CT molecular complexity index is 599. The first kappa shape index (κ1) is 15.3. The van der Waals surface area contributed by atoms with E-state index in [4.69, 9.17) is 15.5 Å². The molecule has 1 aromatic heterocycles. The summed E-state index contributed by atoms with van der Waals surface area (Å²) in [7, 11) is 1.65. The molecule has 21 heavy (non-hydrogen) atoms. The number of methoxy groups -OCH3 is 1. The number of benzene rings is 1. The average Bonchev–Trinajstić information content (AvgIpc) is 2.52.